The lowest BCUT2D eigenvalue weighted by molar-refractivity contribution is -0.132. The van der Waals surface area contributed by atoms with Gasteiger partial charge >= 0.3 is 0 Å². The average Bonchev–Trinajstić information content (AvgIpc) is 3.56. The number of benzene rings is 2. The van der Waals surface area contributed by atoms with E-state index in [1.807, 2.05) is 65.0 Å². The molecule has 0 atom stereocenters. The number of fused-ring (bicyclic) bond motifs is 1. The second-order valence-corrected chi connectivity index (χ2v) is 10.2. The zero-order valence-electron chi connectivity index (χ0n) is 21.1. The SMILES string of the molecule is COc1ccccc1CN(CCc1c[nH]c2ccccc12)C(=O)CN(CC(C)C)C(=O)c1cccs1. The Morgan fingerprint density at radius 1 is 0.972 bits per heavy atom. The molecule has 2 aromatic heterocycles. The summed E-state index contributed by atoms with van der Waals surface area (Å²) in [5, 5.41) is 3.05. The van der Waals surface area contributed by atoms with E-state index in [-0.39, 0.29) is 24.3 Å². The number of carbonyl (C=O) groups is 2. The van der Waals surface area contributed by atoms with E-state index in [1.54, 1.807) is 12.0 Å². The molecule has 0 aliphatic carbocycles. The van der Waals surface area contributed by atoms with Crippen LogP contribution in [0.15, 0.2) is 72.2 Å². The minimum absolute atomic E-state index is 0.0396. The molecular weight excluding hydrogens is 470 g/mol. The summed E-state index contributed by atoms with van der Waals surface area (Å²) in [6.07, 6.45) is 2.72. The lowest BCUT2D eigenvalue weighted by Gasteiger charge is -2.29. The molecule has 0 aliphatic heterocycles. The molecule has 6 nitrogen and oxygen atoms in total. The van der Waals surface area contributed by atoms with Gasteiger partial charge < -0.3 is 19.5 Å². The monoisotopic (exact) mass is 503 g/mol. The highest BCUT2D eigenvalue weighted by atomic mass is 32.1. The number of nitrogens with zero attached hydrogens (tertiary/aromatic N) is 2. The molecule has 0 fully saturated rings. The molecule has 0 saturated carbocycles. The fourth-order valence-corrected chi connectivity index (χ4v) is 5.10. The molecule has 1 N–H and O–H groups in total. The zero-order valence-corrected chi connectivity index (χ0v) is 21.9. The Morgan fingerprint density at radius 2 is 1.75 bits per heavy atom. The van der Waals surface area contributed by atoms with Crippen molar-refractivity contribution >= 4 is 34.1 Å². The highest BCUT2D eigenvalue weighted by molar-refractivity contribution is 7.12. The number of hydrogen-bond donors (Lipinski definition) is 1. The average molecular weight is 504 g/mol. The number of hydrogen-bond acceptors (Lipinski definition) is 4. The Labute approximate surface area is 216 Å². The van der Waals surface area contributed by atoms with Gasteiger partial charge in [0.2, 0.25) is 5.91 Å². The molecule has 2 aromatic carbocycles. The van der Waals surface area contributed by atoms with Gasteiger partial charge in [-0.3, -0.25) is 9.59 Å². The first-order valence-corrected chi connectivity index (χ1v) is 13.1. The van der Waals surface area contributed by atoms with E-state index in [9.17, 15) is 9.59 Å². The van der Waals surface area contributed by atoms with Crippen LogP contribution in [0.2, 0.25) is 0 Å². The predicted octanol–water partition coefficient (Wildman–Crippen LogP) is 5.61. The summed E-state index contributed by atoms with van der Waals surface area (Å²) >= 11 is 1.40. The van der Waals surface area contributed by atoms with Crippen LogP contribution in [0, 0.1) is 5.92 Å². The van der Waals surface area contributed by atoms with Gasteiger partial charge in [-0.05, 0) is 41.5 Å². The van der Waals surface area contributed by atoms with Crippen molar-refractivity contribution in [2.75, 3.05) is 26.7 Å². The second-order valence-electron chi connectivity index (χ2n) is 9.29. The molecule has 0 radical (unpaired) electrons. The van der Waals surface area contributed by atoms with Crippen molar-refractivity contribution in [1.29, 1.82) is 0 Å². The van der Waals surface area contributed by atoms with E-state index in [0.29, 0.717) is 30.9 Å². The van der Waals surface area contributed by atoms with Gasteiger partial charge in [-0.2, -0.15) is 0 Å². The van der Waals surface area contributed by atoms with Crippen molar-refractivity contribution in [3.05, 3.63) is 88.2 Å². The maximum absolute atomic E-state index is 13.7. The van der Waals surface area contributed by atoms with Crippen molar-refractivity contribution in [2.24, 2.45) is 5.92 Å². The Hall–Kier alpha value is -3.58. The first-order chi connectivity index (χ1) is 17.5. The Kier molecular flexibility index (Phi) is 8.44. The lowest BCUT2D eigenvalue weighted by Crippen LogP contribution is -2.44. The van der Waals surface area contributed by atoms with Crippen LogP contribution in [-0.4, -0.2) is 53.3 Å². The number of nitrogens with one attached hydrogen (secondary N) is 1. The van der Waals surface area contributed by atoms with E-state index >= 15 is 0 Å². The highest BCUT2D eigenvalue weighted by Crippen LogP contribution is 2.22. The molecule has 188 valence electrons. The summed E-state index contributed by atoms with van der Waals surface area (Å²) < 4.78 is 5.55. The molecule has 0 spiro atoms. The normalized spacial score (nSPS) is 11.1. The number of ether oxygens (including phenoxy) is 1. The molecule has 0 saturated heterocycles. The van der Waals surface area contributed by atoms with Crippen molar-refractivity contribution in [3.8, 4) is 5.75 Å². The number of methoxy groups -OCH3 is 1. The summed E-state index contributed by atoms with van der Waals surface area (Å²) in [7, 11) is 1.64. The quantitative estimate of drug-likeness (QED) is 0.289. The number of aromatic amines is 1. The topological polar surface area (TPSA) is 65.6 Å². The van der Waals surface area contributed by atoms with Gasteiger partial charge in [-0.15, -0.1) is 11.3 Å². The van der Waals surface area contributed by atoms with Gasteiger partial charge in [-0.25, -0.2) is 0 Å². The van der Waals surface area contributed by atoms with Gasteiger partial charge in [0, 0.05) is 42.3 Å². The fourth-order valence-electron chi connectivity index (χ4n) is 4.40. The summed E-state index contributed by atoms with van der Waals surface area (Å²) in [5.74, 6) is 0.818. The number of carbonyl (C=O) groups excluding carboxylic acids is 2. The number of amides is 2. The van der Waals surface area contributed by atoms with Crippen LogP contribution < -0.4 is 4.74 Å². The van der Waals surface area contributed by atoms with Gasteiger partial charge in [0.15, 0.2) is 0 Å². The lowest BCUT2D eigenvalue weighted by atomic mass is 10.1. The maximum atomic E-state index is 13.7. The van der Waals surface area contributed by atoms with Gasteiger partial charge in [0.1, 0.15) is 12.3 Å². The third kappa shape index (κ3) is 6.15. The van der Waals surface area contributed by atoms with Crippen LogP contribution in [0.5, 0.6) is 5.75 Å². The van der Waals surface area contributed by atoms with Crippen LogP contribution in [0.25, 0.3) is 10.9 Å². The van der Waals surface area contributed by atoms with Gasteiger partial charge in [0.05, 0.1) is 12.0 Å². The third-order valence-corrected chi connectivity index (χ3v) is 7.02. The summed E-state index contributed by atoms with van der Waals surface area (Å²) in [6.45, 7) is 5.62. The van der Waals surface area contributed by atoms with Crippen LogP contribution in [-0.2, 0) is 17.8 Å². The number of aromatic nitrogens is 1. The summed E-state index contributed by atoms with van der Waals surface area (Å²) in [6, 6.07) is 19.6. The van der Waals surface area contributed by atoms with E-state index in [2.05, 4.69) is 31.0 Å². The summed E-state index contributed by atoms with van der Waals surface area (Å²) in [5.41, 5.74) is 3.18. The molecular formula is C29H33N3O3S. The van der Waals surface area contributed by atoms with Gasteiger partial charge in [-0.1, -0.05) is 56.3 Å². The van der Waals surface area contributed by atoms with Crippen molar-refractivity contribution < 1.29 is 14.3 Å². The van der Waals surface area contributed by atoms with E-state index in [1.165, 1.54) is 11.3 Å². The van der Waals surface area contributed by atoms with Crippen LogP contribution >= 0.6 is 11.3 Å². The van der Waals surface area contributed by atoms with Crippen molar-refractivity contribution in [1.82, 2.24) is 14.8 Å². The molecule has 36 heavy (non-hydrogen) atoms. The molecule has 4 rings (SSSR count). The number of para-hydroxylation sites is 2. The van der Waals surface area contributed by atoms with Gasteiger partial charge in [0.25, 0.3) is 5.91 Å². The fraction of sp³-hybridized carbons (Fsp3) is 0.310. The molecule has 4 aromatic rings. The Morgan fingerprint density at radius 3 is 2.50 bits per heavy atom. The van der Waals surface area contributed by atoms with Crippen molar-refractivity contribution in [3.63, 3.8) is 0 Å². The highest BCUT2D eigenvalue weighted by Gasteiger charge is 2.24. The van der Waals surface area contributed by atoms with Crippen LogP contribution in [0.3, 0.4) is 0 Å². The second kappa shape index (κ2) is 11.9. The van der Waals surface area contributed by atoms with Crippen LogP contribution in [0.4, 0.5) is 0 Å². The molecule has 0 unspecified atom stereocenters. The predicted molar refractivity (Wildman–Crippen MR) is 145 cm³/mol. The smallest absolute Gasteiger partial charge is 0.264 e. The first-order valence-electron chi connectivity index (χ1n) is 12.2. The van der Waals surface area contributed by atoms with E-state index in [4.69, 9.17) is 4.74 Å². The van der Waals surface area contributed by atoms with Crippen molar-refractivity contribution in [2.45, 2.75) is 26.8 Å². The molecule has 0 aliphatic rings. The van der Waals surface area contributed by atoms with E-state index in [0.717, 1.165) is 27.8 Å². The Bertz CT molecular complexity index is 1300. The zero-order chi connectivity index (χ0) is 25.5. The number of thiophene rings is 1. The maximum Gasteiger partial charge on any atom is 0.264 e. The summed E-state index contributed by atoms with van der Waals surface area (Å²) in [4.78, 5) is 34.4. The molecule has 2 amide bonds. The molecule has 7 heteroatoms. The molecule has 2 heterocycles. The third-order valence-electron chi connectivity index (χ3n) is 6.16. The molecule has 0 bridgehead atoms. The Balaban J connectivity index is 1.57. The minimum Gasteiger partial charge on any atom is -0.496 e. The standard InChI is InChI=1S/C29H33N3O3S/c1-21(2)18-32(29(34)27-13-8-16-36-27)20-28(33)31(19-23-9-4-7-12-26(23)35-3)15-14-22-17-30-25-11-6-5-10-24(22)25/h4-13,16-17,21,30H,14-15,18-20H2,1-3H3. The largest absolute Gasteiger partial charge is 0.496 e. The number of rotatable bonds is 11. The minimum atomic E-state index is -0.0964. The number of H-pyrrole nitrogens is 1. The van der Waals surface area contributed by atoms with E-state index < -0.39 is 0 Å². The van der Waals surface area contributed by atoms with Crippen LogP contribution in [0.1, 0.15) is 34.6 Å². The first kappa shape index (κ1) is 25.5.